The highest BCUT2D eigenvalue weighted by atomic mass is 16.1. The molecule has 3 N–H and O–H groups in total. The smallest absolute Gasteiger partial charge is 0.269 e. The van der Waals surface area contributed by atoms with Crippen LogP contribution in [-0.4, -0.2) is 21.5 Å². The molecule has 0 aliphatic rings. The van der Waals surface area contributed by atoms with Crippen LogP contribution in [0.4, 0.5) is 5.69 Å². The average molecular weight is 283 g/mol. The largest absolute Gasteiger partial charge is 0.384 e. The number of para-hydroxylation sites is 1. The summed E-state index contributed by atoms with van der Waals surface area (Å²) in [6.07, 6.45) is 4.82. The Morgan fingerprint density at radius 1 is 1.38 bits per heavy atom. The highest BCUT2D eigenvalue weighted by molar-refractivity contribution is 6.00. The number of aryl methyl sites for hydroxylation is 1. The Balaban J connectivity index is 1.88. The van der Waals surface area contributed by atoms with E-state index in [1.54, 1.807) is 23.2 Å². The van der Waals surface area contributed by atoms with Gasteiger partial charge < -0.3 is 11.1 Å². The lowest BCUT2D eigenvalue weighted by Gasteiger charge is -2.01. The summed E-state index contributed by atoms with van der Waals surface area (Å²) in [5, 5.41) is 7.05. The summed E-state index contributed by atoms with van der Waals surface area (Å²) in [7, 11) is 0. The number of nitrogens with one attached hydrogen (secondary N) is 1. The van der Waals surface area contributed by atoms with Crippen LogP contribution in [0.25, 0.3) is 0 Å². The summed E-state index contributed by atoms with van der Waals surface area (Å²) in [6.45, 7) is 1.95. The van der Waals surface area contributed by atoms with Crippen molar-refractivity contribution in [2.75, 3.05) is 5.32 Å². The summed E-state index contributed by atoms with van der Waals surface area (Å²) >= 11 is 0. The molecule has 0 saturated carbocycles. The van der Waals surface area contributed by atoms with Gasteiger partial charge in [-0.15, -0.1) is 0 Å². The van der Waals surface area contributed by atoms with Gasteiger partial charge in [-0.2, -0.15) is 10.1 Å². The molecule has 108 valence electrons. The monoisotopic (exact) mass is 283 g/mol. The highest BCUT2D eigenvalue weighted by Gasteiger charge is 2.04. The molecule has 6 heteroatoms. The molecule has 1 aromatic carbocycles. The van der Waals surface area contributed by atoms with Crippen LogP contribution in [0.3, 0.4) is 0 Å². The third-order valence-corrected chi connectivity index (χ3v) is 2.75. The minimum atomic E-state index is -0.344. The molecule has 2 rings (SSSR count). The van der Waals surface area contributed by atoms with Crippen LogP contribution in [0, 0.1) is 6.92 Å². The normalized spacial score (nSPS) is 11.8. The van der Waals surface area contributed by atoms with Crippen molar-refractivity contribution in [3.63, 3.8) is 0 Å². The van der Waals surface area contributed by atoms with Gasteiger partial charge in [-0.25, -0.2) is 0 Å². The molecule has 21 heavy (non-hydrogen) atoms. The Kier molecular flexibility index (Phi) is 4.87. The lowest BCUT2D eigenvalue weighted by molar-refractivity contribution is -0.118. The van der Waals surface area contributed by atoms with Gasteiger partial charge in [0.05, 0.1) is 0 Å². The molecule has 1 aromatic heterocycles. The second-order valence-corrected chi connectivity index (χ2v) is 4.40. The van der Waals surface area contributed by atoms with Crippen LogP contribution in [0.2, 0.25) is 0 Å². The van der Waals surface area contributed by atoms with Gasteiger partial charge in [0, 0.05) is 23.8 Å². The second kappa shape index (κ2) is 7.04. The molecule has 2 aromatic rings. The quantitative estimate of drug-likeness (QED) is 0.646. The topological polar surface area (TPSA) is 85.3 Å². The third kappa shape index (κ3) is 4.61. The van der Waals surface area contributed by atoms with Gasteiger partial charge >= 0.3 is 0 Å². The SMILES string of the molecule is Cc1ccnn1CC(=O)N=C(N)/C=C\Nc1ccccc1. The number of amides is 1. The first-order valence-corrected chi connectivity index (χ1v) is 6.48. The van der Waals surface area contributed by atoms with Crippen molar-refractivity contribution < 1.29 is 4.79 Å². The van der Waals surface area contributed by atoms with Crippen LogP contribution in [-0.2, 0) is 11.3 Å². The zero-order valence-electron chi connectivity index (χ0n) is 11.7. The molecule has 0 fully saturated rings. The molecular weight excluding hydrogens is 266 g/mol. The molecule has 0 radical (unpaired) electrons. The van der Waals surface area contributed by atoms with E-state index in [-0.39, 0.29) is 18.3 Å². The van der Waals surface area contributed by atoms with E-state index >= 15 is 0 Å². The van der Waals surface area contributed by atoms with Crippen molar-refractivity contribution in [3.8, 4) is 0 Å². The van der Waals surface area contributed by atoms with E-state index in [2.05, 4.69) is 15.4 Å². The Labute approximate surface area is 123 Å². The summed E-state index contributed by atoms with van der Waals surface area (Å²) in [5.74, 6) is -0.197. The van der Waals surface area contributed by atoms with Crippen LogP contribution >= 0.6 is 0 Å². The number of hydrogen-bond donors (Lipinski definition) is 2. The van der Waals surface area contributed by atoms with Gasteiger partial charge in [0.15, 0.2) is 0 Å². The standard InChI is InChI=1S/C15H17N5O/c1-12-7-10-18-20(12)11-15(21)19-14(16)8-9-17-13-5-3-2-4-6-13/h2-10,17H,11H2,1H3,(H2,16,19,21)/b9-8-. The molecule has 0 aliphatic carbocycles. The number of anilines is 1. The highest BCUT2D eigenvalue weighted by Crippen LogP contribution is 2.04. The number of benzene rings is 1. The van der Waals surface area contributed by atoms with Crippen molar-refractivity contribution in [2.45, 2.75) is 13.5 Å². The minimum Gasteiger partial charge on any atom is -0.384 e. The van der Waals surface area contributed by atoms with Crippen molar-refractivity contribution in [1.82, 2.24) is 9.78 Å². The molecule has 0 saturated heterocycles. The maximum absolute atomic E-state index is 11.7. The number of nitrogens with zero attached hydrogens (tertiary/aromatic N) is 3. The fourth-order valence-corrected chi connectivity index (χ4v) is 1.67. The zero-order chi connectivity index (χ0) is 15.1. The van der Waals surface area contributed by atoms with Crippen LogP contribution < -0.4 is 11.1 Å². The van der Waals surface area contributed by atoms with E-state index < -0.39 is 0 Å². The Bertz CT molecular complexity index is 658. The summed E-state index contributed by atoms with van der Waals surface area (Å²) in [6, 6.07) is 11.4. The summed E-state index contributed by atoms with van der Waals surface area (Å²) in [5.41, 5.74) is 7.51. The molecule has 1 heterocycles. The lowest BCUT2D eigenvalue weighted by Crippen LogP contribution is -2.16. The Morgan fingerprint density at radius 3 is 2.81 bits per heavy atom. The van der Waals surface area contributed by atoms with Gasteiger partial charge in [0.2, 0.25) is 0 Å². The van der Waals surface area contributed by atoms with E-state index in [0.717, 1.165) is 11.4 Å². The molecule has 0 bridgehead atoms. The number of nitrogens with two attached hydrogens (primary N) is 1. The van der Waals surface area contributed by atoms with Gasteiger partial charge in [0.1, 0.15) is 12.4 Å². The average Bonchev–Trinajstić information content (AvgIpc) is 2.85. The maximum atomic E-state index is 11.7. The number of carbonyl (C=O) groups excluding carboxylic acids is 1. The van der Waals surface area contributed by atoms with Crippen LogP contribution in [0.15, 0.2) is 59.9 Å². The molecule has 0 atom stereocenters. The summed E-state index contributed by atoms with van der Waals surface area (Å²) in [4.78, 5) is 15.5. The zero-order valence-corrected chi connectivity index (χ0v) is 11.7. The molecule has 1 amide bonds. The number of hydrogen-bond acceptors (Lipinski definition) is 3. The molecule has 6 nitrogen and oxygen atoms in total. The van der Waals surface area contributed by atoms with Crippen molar-refractivity contribution in [2.24, 2.45) is 10.7 Å². The predicted octanol–water partition coefficient (Wildman–Crippen LogP) is 1.70. The van der Waals surface area contributed by atoms with Crippen molar-refractivity contribution in [1.29, 1.82) is 0 Å². The lowest BCUT2D eigenvalue weighted by atomic mass is 10.3. The number of amidine groups is 1. The number of carbonyl (C=O) groups is 1. The van der Waals surface area contributed by atoms with E-state index in [1.807, 2.05) is 43.3 Å². The van der Waals surface area contributed by atoms with E-state index in [4.69, 9.17) is 5.73 Å². The first-order chi connectivity index (χ1) is 10.1. The van der Waals surface area contributed by atoms with Gasteiger partial charge in [0.25, 0.3) is 5.91 Å². The van der Waals surface area contributed by atoms with E-state index in [0.29, 0.717) is 0 Å². The fourth-order valence-electron chi connectivity index (χ4n) is 1.67. The van der Waals surface area contributed by atoms with Gasteiger partial charge in [-0.3, -0.25) is 9.48 Å². The maximum Gasteiger partial charge on any atom is 0.269 e. The molecule has 0 spiro atoms. The van der Waals surface area contributed by atoms with Crippen molar-refractivity contribution >= 4 is 17.4 Å². The number of rotatable bonds is 5. The van der Waals surface area contributed by atoms with Crippen molar-refractivity contribution in [3.05, 3.63) is 60.6 Å². The fraction of sp³-hybridized carbons (Fsp3) is 0.133. The third-order valence-electron chi connectivity index (χ3n) is 2.75. The summed E-state index contributed by atoms with van der Waals surface area (Å²) < 4.78 is 1.57. The first kappa shape index (κ1) is 14.5. The Hall–Kier alpha value is -2.89. The molecule has 0 unspecified atom stereocenters. The molecular formula is C15H17N5O. The van der Waals surface area contributed by atoms with Gasteiger partial charge in [-0.1, -0.05) is 18.2 Å². The second-order valence-electron chi connectivity index (χ2n) is 4.40. The van der Waals surface area contributed by atoms with E-state index in [1.165, 1.54) is 0 Å². The Morgan fingerprint density at radius 2 is 2.14 bits per heavy atom. The minimum absolute atomic E-state index is 0.0828. The first-order valence-electron chi connectivity index (χ1n) is 6.48. The van der Waals surface area contributed by atoms with E-state index in [9.17, 15) is 4.79 Å². The van der Waals surface area contributed by atoms with Crippen LogP contribution in [0.1, 0.15) is 5.69 Å². The molecule has 0 aliphatic heterocycles. The number of aliphatic imine (C=N–C) groups is 1. The number of aromatic nitrogens is 2. The van der Waals surface area contributed by atoms with Gasteiger partial charge in [-0.05, 0) is 31.2 Å². The predicted molar refractivity (Wildman–Crippen MR) is 82.8 cm³/mol. The van der Waals surface area contributed by atoms with Crippen LogP contribution in [0.5, 0.6) is 0 Å².